The monoisotopic (exact) mass is 388 g/mol. The van der Waals surface area contributed by atoms with Crippen LogP contribution in [0.5, 0.6) is 0 Å². The van der Waals surface area contributed by atoms with Crippen LogP contribution in [0.25, 0.3) is 0 Å². The summed E-state index contributed by atoms with van der Waals surface area (Å²) in [7, 11) is -3.76. The van der Waals surface area contributed by atoms with Gasteiger partial charge in [0.1, 0.15) is 0 Å². The molecule has 6 nitrogen and oxygen atoms in total. The summed E-state index contributed by atoms with van der Waals surface area (Å²) in [4.78, 5) is 14.4. The molecule has 0 saturated carbocycles. The van der Waals surface area contributed by atoms with E-state index in [1.165, 1.54) is 4.31 Å². The van der Waals surface area contributed by atoms with Crippen LogP contribution in [0.15, 0.2) is 59.5 Å². The lowest BCUT2D eigenvalue weighted by Gasteiger charge is -2.29. The van der Waals surface area contributed by atoms with Crippen molar-refractivity contribution in [2.24, 2.45) is 0 Å². The number of morpholine rings is 1. The van der Waals surface area contributed by atoms with Gasteiger partial charge in [0.25, 0.3) is 10.0 Å². The maximum Gasteiger partial charge on any atom is 0.264 e. The number of nitrogens with zero attached hydrogens (tertiary/aromatic N) is 2. The minimum Gasteiger partial charge on any atom is -0.378 e. The Balaban J connectivity index is 1.83. The number of hydrogen-bond donors (Lipinski definition) is 0. The Hall–Kier alpha value is -2.38. The van der Waals surface area contributed by atoms with Crippen molar-refractivity contribution in [1.29, 1.82) is 0 Å². The normalized spacial score (nSPS) is 14.8. The van der Waals surface area contributed by atoms with E-state index in [0.29, 0.717) is 32.0 Å². The van der Waals surface area contributed by atoms with Gasteiger partial charge < -0.3 is 9.64 Å². The topological polar surface area (TPSA) is 66.9 Å². The van der Waals surface area contributed by atoms with Crippen LogP contribution in [0.2, 0.25) is 0 Å². The Morgan fingerprint density at radius 1 is 1.04 bits per heavy atom. The van der Waals surface area contributed by atoms with Crippen LogP contribution in [-0.2, 0) is 19.6 Å². The quantitative estimate of drug-likeness (QED) is 0.762. The van der Waals surface area contributed by atoms with Crippen LogP contribution in [0, 0.1) is 6.92 Å². The van der Waals surface area contributed by atoms with Crippen molar-refractivity contribution in [2.75, 3.05) is 37.2 Å². The van der Waals surface area contributed by atoms with Gasteiger partial charge in [0, 0.05) is 26.1 Å². The number of carbonyl (C=O) groups excluding carboxylic acids is 1. The molecular weight excluding hydrogens is 364 g/mol. The molecule has 27 heavy (non-hydrogen) atoms. The number of carbonyl (C=O) groups is 1. The third kappa shape index (κ3) is 4.67. The first-order chi connectivity index (χ1) is 13.0. The van der Waals surface area contributed by atoms with Crippen molar-refractivity contribution in [2.45, 2.75) is 18.2 Å². The zero-order chi connectivity index (χ0) is 19.3. The first-order valence-electron chi connectivity index (χ1n) is 8.98. The predicted molar refractivity (Wildman–Crippen MR) is 104 cm³/mol. The second kappa shape index (κ2) is 8.54. The number of ether oxygens (including phenoxy) is 1. The number of para-hydroxylation sites is 1. The van der Waals surface area contributed by atoms with E-state index in [-0.39, 0.29) is 23.8 Å². The molecule has 2 aromatic carbocycles. The minimum absolute atomic E-state index is 0.0571. The number of rotatable bonds is 6. The molecule has 0 unspecified atom stereocenters. The first kappa shape index (κ1) is 19.4. The van der Waals surface area contributed by atoms with Gasteiger partial charge in [-0.25, -0.2) is 8.42 Å². The van der Waals surface area contributed by atoms with E-state index in [9.17, 15) is 13.2 Å². The molecule has 2 aromatic rings. The van der Waals surface area contributed by atoms with Crippen molar-refractivity contribution in [3.8, 4) is 0 Å². The Labute approximate surface area is 160 Å². The highest BCUT2D eigenvalue weighted by atomic mass is 32.2. The summed E-state index contributed by atoms with van der Waals surface area (Å²) in [6.45, 7) is 4.15. The van der Waals surface area contributed by atoms with Crippen molar-refractivity contribution in [3.63, 3.8) is 0 Å². The summed E-state index contributed by atoms with van der Waals surface area (Å²) in [6.07, 6.45) is 0.125. The largest absolute Gasteiger partial charge is 0.378 e. The highest BCUT2D eigenvalue weighted by molar-refractivity contribution is 7.92. The second-order valence-corrected chi connectivity index (χ2v) is 8.33. The van der Waals surface area contributed by atoms with Gasteiger partial charge in [-0.2, -0.15) is 0 Å². The van der Waals surface area contributed by atoms with Gasteiger partial charge in [0.15, 0.2) is 0 Å². The van der Waals surface area contributed by atoms with E-state index in [2.05, 4.69) is 0 Å². The summed E-state index contributed by atoms with van der Waals surface area (Å²) in [5.41, 5.74) is 1.54. The number of hydrogen-bond acceptors (Lipinski definition) is 4. The van der Waals surface area contributed by atoms with Crippen LogP contribution >= 0.6 is 0 Å². The Bertz CT molecular complexity index is 861. The molecule has 3 rings (SSSR count). The van der Waals surface area contributed by atoms with Gasteiger partial charge in [0.05, 0.1) is 23.8 Å². The molecule has 1 aliphatic heterocycles. The van der Waals surface area contributed by atoms with Crippen LogP contribution in [0.3, 0.4) is 0 Å². The summed E-state index contributed by atoms with van der Waals surface area (Å²) in [5.74, 6) is -0.0571. The van der Waals surface area contributed by atoms with E-state index in [0.717, 1.165) is 5.56 Å². The summed E-state index contributed by atoms with van der Waals surface area (Å²) in [6, 6.07) is 15.6. The van der Waals surface area contributed by atoms with Crippen LogP contribution < -0.4 is 4.31 Å². The van der Waals surface area contributed by atoms with E-state index in [1.54, 1.807) is 53.4 Å². The van der Waals surface area contributed by atoms with E-state index < -0.39 is 10.0 Å². The number of benzene rings is 2. The highest BCUT2D eigenvalue weighted by Crippen LogP contribution is 2.24. The fourth-order valence-electron chi connectivity index (χ4n) is 2.99. The fraction of sp³-hybridized carbons (Fsp3) is 0.350. The van der Waals surface area contributed by atoms with E-state index >= 15 is 0 Å². The summed E-state index contributed by atoms with van der Waals surface area (Å²) < 4.78 is 33.0. The second-order valence-electron chi connectivity index (χ2n) is 6.47. The lowest BCUT2D eigenvalue weighted by Crippen LogP contribution is -2.42. The molecule has 0 aliphatic carbocycles. The fourth-order valence-corrected chi connectivity index (χ4v) is 4.45. The number of amides is 1. The van der Waals surface area contributed by atoms with Crippen LogP contribution in [0.4, 0.5) is 5.69 Å². The van der Waals surface area contributed by atoms with Crippen LogP contribution in [-0.4, -0.2) is 52.1 Å². The predicted octanol–water partition coefficient (Wildman–Crippen LogP) is 2.44. The number of anilines is 1. The van der Waals surface area contributed by atoms with Gasteiger partial charge >= 0.3 is 0 Å². The van der Waals surface area contributed by atoms with Gasteiger partial charge in [-0.15, -0.1) is 0 Å². The molecular formula is C20H24N2O4S. The maximum absolute atomic E-state index is 13.2. The van der Waals surface area contributed by atoms with Gasteiger partial charge in [-0.1, -0.05) is 35.9 Å². The van der Waals surface area contributed by atoms with E-state index in [1.807, 2.05) is 13.0 Å². The standard InChI is InChI=1S/C20H24N2O4S/c1-17-7-9-19(10-8-17)27(24,25)22(18-5-3-2-4-6-18)12-11-20(23)21-13-15-26-16-14-21/h2-10H,11-16H2,1H3. The molecule has 1 amide bonds. The first-order valence-corrected chi connectivity index (χ1v) is 10.4. The zero-order valence-electron chi connectivity index (χ0n) is 15.4. The maximum atomic E-state index is 13.2. The molecule has 0 radical (unpaired) electrons. The average molecular weight is 388 g/mol. The molecule has 7 heteroatoms. The highest BCUT2D eigenvalue weighted by Gasteiger charge is 2.26. The Morgan fingerprint density at radius 2 is 1.67 bits per heavy atom. The van der Waals surface area contributed by atoms with Gasteiger partial charge in [-0.05, 0) is 31.2 Å². The third-order valence-corrected chi connectivity index (χ3v) is 6.39. The summed E-state index contributed by atoms with van der Waals surface area (Å²) in [5, 5.41) is 0. The minimum atomic E-state index is -3.76. The Morgan fingerprint density at radius 3 is 2.30 bits per heavy atom. The molecule has 1 heterocycles. The van der Waals surface area contributed by atoms with E-state index in [4.69, 9.17) is 4.74 Å². The smallest absolute Gasteiger partial charge is 0.264 e. The third-order valence-electron chi connectivity index (χ3n) is 4.55. The average Bonchev–Trinajstić information content (AvgIpc) is 2.69. The van der Waals surface area contributed by atoms with Crippen molar-refractivity contribution in [1.82, 2.24) is 4.90 Å². The SMILES string of the molecule is Cc1ccc(S(=O)(=O)N(CCC(=O)N2CCOCC2)c2ccccc2)cc1. The molecule has 0 N–H and O–H groups in total. The van der Waals surface area contributed by atoms with Crippen molar-refractivity contribution >= 4 is 21.6 Å². The van der Waals surface area contributed by atoms with Gasteiger partial charge in [0.2, 0.25) is 5.91 Å². The molecule has 1 aliphatic rings. The number of sulfonamides is 1. The molecule has 0 spiro atoms. The van der Waals surface area contributed by atoms with Crippen molar-refractivity contribution in [3.05, 3.63) is 60.2 Å². The lowest BCUT2D eigenvalue weighted by atomic mass is 10.2. The molecule has 0 atom stereocenters. The summed E-state index contributed by atoms with van der Waals surface area (Å²) >= 11 is 0. The number of aryl methyl sites for hydroxylation is 1. The molecule has 1 fully saturated rings. The zero-order valence-corrected chi connectivity index (χ0v) is 16.2. The molecule has 1 saturated heterocycles. The van der Waals surface area contributed by atoms with Gasteiger partial charge in [-0.3, -0.25) is 9.10 Å². The van der Waals surface area contributed by atoms with Crippen LogP contribution in [0.1, 0.15) is 12.0 Å². The molecule has 0 bridgehead atoms. The van der Waals surface area contributed by atoms with Crippen molar-refractivity contribution < 1.29 is 17.9 Å². The molecule has 0 aromatic heterocycles. The molecule has 144 valence electrons. The Kier molecular flexibility index (Phi) is 6.13. The lowest BCUT2D eigenvalue weighted by molar-refractivity contribution is -0.135.